The molecule has 1 amide bonds. The minimum atomic E-state index is -0.385. The summed E-state index contributed by atoms with van der Waals surface area (Å²) in [6, 6.07) is 0. The van der Waals surface area contributed by atoms with Gasteiger partial charge in [0, 0.05) is 0 Å². The molecule has 1 aliphatic carbocycles. The first-order valence-electron chi connectivity index (χ1n) is 5.67. The Labute approximate surface area is 96.0 Å². The van der Waals surface area contributed by atoms with Crippen LogP contribution in [0, 0.1) is 11.8 Å². The molecule has 2 unspecified atom stereocenters. The van der Waals surface area contributed by atoms with Crippen LogP contribution >= 0.6 is 12.2 Å². The van der Waals surface area contributed by atoms with Gasteiger partial charge in [-0.3, -0.25) is 4.79 Å². The Kier molecular flexibility index (Phi) is 2.71. The van der Waals surface area contributed by atoms with Gasteiger partial charge in [-0.15, -0.1) is 0 Å². The largest absolute Gasteiger partial charge is 0.348 e. The predicted octanol–water partition coefficient (Wildman–Crippen LogP) is 1.58. The van der Waals surface area contributed by atoms with Gasteiger partial charge in [0.25, 0.3) is 5.91 Å². The maximum Gasteiger partial charge on any atom is 0.251 e. The number of amides is 1. The number of carbonyl (C=O) groups excluding carboxylic acids is 1. The van der Waals surface area contributed by atoms with E-state index in [0.717, 1.165) is 19.3 Å². The highest BCUT2D eigenvalue weighted by Crippen LogP contribution is 2.37. The summed E-state index contributed by atoms with van der Waals surface area (Å²) in [6.45, 7) is 4.46. The van der Waals surface area contributed by atoms with Gasteiger partial charge in [0.2, 0.25) is 0 Å². The van der Waals surface area contributed by atoms with Crippen LogP contribution in [0.25, 0.3) is 0 Å². The average Bonchev–Trinajstić information content (AvgIpc) is 2.41. The molecule has 0 aromatic heterocycles. The minimum absolute atomic E-state index is 0.0813. The first-order chi connectivity index (χ1) is 7.03. The number of thiocarbonyl (C=S) groups is 1. The van der Waals surface area contributed by atoms with Crippen molar-refractivity contribution in [1.29, 1.82) is 0 Å². The van der Waals surface area contributed by atoms with Gasteiger partial charge < -0.3 is 10.6 Å². The smallest absolute Gasteiger partial charge is 0.251 e. The van der Waals surface area contributed by atoms with Gasteiger partial charge in [-0.1, -0.05) is 20.3 Å². The molecule has 2 aliphatic rings. The van der Waals surface area contributed by atoms with Crippen LogP contribution in [0.15, 0.2) is 0 Å². The molecule has 0 aromatic carbocycles. The van der Waals surface area contributed by atoms with Gasteiger partial charge >= 0.3 is 0 Å². The number of carbonyl (C=O) groups is 1. The Morgan fingerprint density at radius 1 is 1.53 bits per heavy atom. The summed E-state index contributed by atoms with van der Waals surface area (Å²) >= 11 is 5.01. The molecular weight excluding hydrogens is 208 g/mol. The highest BCUT2D eigenvalue weighted by Gasteiger charge is 2.47. The zero-order valence-corrected chi connectivity index (χ0v) is 10.1. The third kappa shape index (κ3) is 1.87. The maximum absolute atomic E-state index is 11.9. The van der Waals surface area contributed by atoms with Crippen LogP contribution in [0.1, 0.15) is 39.5 Å². The van der Waals surface area contributed by atoms with Crippen molar-refractivity contribution in [3.05, 3.63) is 0 Å². The number of nitrogens with one attached hydrogen (secondary N) is 2. The van der Waals surface area contributed by atoms with E-state index in [1.807, 2.05) is 0 Å². The molecule has 0 bridgehead atoms. The molecule has 1 heterocycles. The van der Waals surface area contributed by atoms with E-state index in [9.17, 15) is 4.79 Å². The summed E-state index contributed by atoms with van der Waals surface area (Å²) in [5.74, 6) is 1.36. The molecule has 2 atom stereocenters. The maximum atomic E-state index is 11.9. The summed E-state index contributed by atoms with van der Waals surface area (Å²) in [5, 5.41) is 6.40. The molecule has 1 aliphatic heterocycles. The predicted molar refractivity (Wildman–Crippen MR) is 63.4 cm³/mol. The monoisotopic (exact) mass is 226 g/mol. The van der Waals surface area contributed by atoms with Crippen molar-refractivity contribution in [2.45, 2.75) is 45.1 Å². The average molecular weight is 226 g/mol. The molecule has 0 radical (unpaired) electrons. The fraction of sp³-hybridized carbons (Fsp3) is 0.818. The van der Waals surface area contributed by atoms with Gasteiger partial charge in [-0.05, 0) is 43.3 Å². The van der Waals surface area contributed by atoms with Gasteiger partial charge in [-0.25, -0.2) is 0 Å². The quantitative estimate of drug-likeness (QED) is 0.667. The normalized spacial score (nSPS) is 35.8. The first-order valence-corrected chi connectivity index (χ1v) is 6.08. The third-order valence-corrected chi connectivity index (χ3v) is 3.95. The molecule has 3 nitrogen and oxygen atoms in total. The van der Waals surface area contributed by atoms with Crippen molar-refractivity contribution in [2.24, 2.45) is 11.8 Å². The number of hydrogen-bond acceptors (Lipinski definition) is 2. The van der Waals surface area contributed by atoms with Crippen LogP contribution in [-0.2, 0) is 4.79 Å². The topological polar surface area (TPSA) is 41.1 Å². The Morgan fingerprint density at radius 3 is 2.80 bits per heavy atom. The van der Waals surface area contributed by atoms with Crippen molar-refractivity contribution in [3.63, 3.8) is 0 Å². The lowest BCUT2D eigenvalue weighted by Crippen LogP contribution is -2.50. The van der Waals surface area contributed by atoms with E-state index in [2.05, 4.69) is 24.5 Å². The van der Waals surface area contributed by atoms with Gasteiger partial charge in [0.15, 0.2) is 5.11 Å². The first kappa shape index (κ1) is 10.9. The summed E-state index contributed by atoms with van der Waals surface area (Å²) in [6.07, 6.45) is 4.20. The number of hydrogen-bond donors (Lipinski definition) is 2. The van der Waals surface area contributed by atoms with Gasteiger partial charge in [0.05, 0.1) is 0 Å². The van der Waals surface area contributed by atoms with Crippen molar-refractivity contribution in [1.82, 2.24) is 10.6 Å². The molecule has 2 fully saturated rings. The lowest BCUT2D eigenvalue weighted by atomic mass is 9.72. The Bertz CT molecular complexity index is 303. The third-order valence-electron chi connectivity index (χ3n) is 3.75. The van der Waals surface area contributed by atoms with Crippen LogP contribution in [0.5, 0.6) is 0 Å². The van der Waals surface area contributed by atoms with Crippen LogP contribution in [-0.4, -0.2) is 16.6 Å². The fourth-order valence-corrected chi connectivity index (χ4v) is 3.02. The molecule has 1 saturated carbocycles. The van der Waals surface area contributed by atoms with Gasteiger partial charge in [-0.2, -0.15) is 0 Å². The van der Waals surface area contributed by atoms with Crippen molar-refractivity contribution >= 4 is 23.2 Å². The summed E-state index contributed by atoms with van der Waals surface area (Å²) < 4.78 is 0. The fourth-order valence-electron chi connectivity index (χ4n) is 2.73. The van der Waals surface area contributed by atoms with Crippen molar-refractivity contribution in [2.75, 3.05) is 0 Å². The van der Waals surface area contributed by atoms with E-state index in [1.165, 1.54) is 6.42 Å². The second-order valence-electron chi connectivity index (χ2n) is 5.09. The highest BCUT2D eigenvalue weighted by atomic mass is 32.1. The molecule has 1 saturated heterocycles. The van der Waals surface area contributed by atoms with Crippen molar-refractivity contribution < 1.29 is 4.79 Å². The molecule has 1 spiro atoms. The lowest BCUT2D eigenvalue weighted by Gasteiger charge is -2.37. The van der Waals surface area contributed by atoms with E-state index in [0.29, 0.717) is 16.9 Å². The van der Waals surface area contributed by atoms with E-state index < -0.39 is 0 Å². The highest BCUT2D eigenvalue weighted by molar-refractivity contribution is 7.80. The minimum Gasteiger partial charge on any atom is -0.348 e. The van der Waals surface area contributed by atoms with Crippen LogP contribution < -0.4 is 10.6 Å². The molecule has 2 rings (SSSR count). The Balaban J connectivity index is 2.15. The zero-order valence-electron chi connectivity index (χ0n) is 9.30. The summed E-state index contributed by atoms with van der Waals surface area (Å²) in [4.78, 5) is 11.9. The lowest BCUT2D eigenvalue weighted by molar-refractivity contribution is -0.125. The van der Waals surface area contributed by atoms with Crippen molar-refractivity contribution in [3.8, 4) is 0 Å². The molecule has 84 valence electrons. The Morgan fingerprint density at radius 2 is 2.27 bits per heavy atom. The zero-order chi connectivity index (χ0) is 11.1. The second kappa shape index (κ2) is 3.74. The van der Waals surface area contributed by atoms with Crippen LogP contribution in [0.4, 0.5) is 0 Å². The molecule has 4 heteroatoms. The summed E-state index contributed by atoms with van der Waals surface area (Å²) in [7, 11) is 0. The van der Waals surface area contributed by atoms with E-state index >= 15 is 0 Å². The standard InChI is InChI=1S/C11H18N2OS/c1-7(2)8-4-3-5-11(6-8)9(14)12-10(15)13-11/h7-8H,3-6H2,1-2H3,(H2,12,13,14,15). The van der Waals surface area contributed by atoms with Gasteiger partial charge in [0.1, 0.15) is 5.54 Å². The number of rotatable bonds is 1. The SMILES string of the molecule is CC(C)C1CCCC2(C1)NC(=S)NC2=O. The second-order valence-corrected chi connectivity index (χ2v) is 5.50. The van der Waals surface area contributed by atoms with E-state index in [1.54, 1.807) is 0 Å². The molecular formula is C11H18N2OS. The van der Waals surface area contributed by atoms with Crippen LogP contribution in [0.2, 0.25) is 0 Å². The summed E-state index contributed by atoms with van der Waals surface area (Å²) in [5.41, 5.74) is -0.385. The van der Waals surface area contributed by atoms with E-state index in [-0.39, 0.29) is 11.4 Å². The Hall–Kier alpha value is -0.640. The molecule has 15 heavy (non-hydrogen) atoms. The van der Waals surface area contributed by atoms with E-state index in [4.69, 9.17) is 12.2 Å². The molecule has 2 N–H and O–H groups in total. The van der Waals surface area contributed by atoms with Crippen LogP contribution in [0.3, 0.4) is 0 Å². The molecule has 0 aromatic rings.